The molecule has 0 aromatic heterocycles. The minimum absolute atomic E-state index is 0.429. The first-order valence-electron chi connectivity index (χ1n) is 3.31. The molecule has 0 aliphatic carbocycles. The zero-order chi connectivity index (χ0) is 9.68. The Morgan fingerprint density at radius 2 is 2.31 bits per heavy atom. The molecule has 1 rings (SSSR count). The van der Waals surface area contributed by atoms with Crippen LogP contribution in [0.2, 0.25) is 5.02 Å². The lowest BCUT2D eigenvalue weighted by Gasteiger charge is -2.05. The van der Waals surface area contributed by atoms with Gasteiger partial charge in [0.15, 0.2) is 0 Å². The van der Waals surface area contributed by atoms with E-state index in [0.29, 0.717) is 10.7 Å². The van der Waals surface area contributed by atoms with Crippen molar-refractivity contribution in [3.63, 3.8) is 0 Å². The highest BCUT2D eigenvalue weighted by molar-refractivity contribution is 6.30. The number of benzene rings is 1. The summed E-state index contributed by atoms with van der Waals surface area (Å²) in [6.45, 7) is 0. The SMILES string of the molecule is N#CN(N=C=O)c1cccc(Cl)c1. The van der Waals surface area contributed by atoms with Crippen molar-refractivity contribution in [3.05, 3.63) is 29.3 Å². The van der Waals surface area contributed by atoms with Crippen molar-refractivity contribution in [1.29, 1.82) is 5.26 Å². The molecule has 0 spiro atoms. The largest absolute Gasteiger partial charge is 0.259 e. The van der Waals surface area contributed by atoms with E-state index in [-0.39, 0.29) is 0 Å². The van der Waals surface area contributed by atoms with Crippen LogP contribution >= 0.6 is 11.6 Å². The number of halogens is 1. The summed E-state index contributed by atoms with van der Waals surface area (Å²) in [6, 6.07) is 6.44. The molecule has 0 atom stereocenters. The van der Waals surface area contributed by atoms with Crippen molar-refractivity contribution < 1.29 is 4.79 Å². The number of hydrazone groups is 1. The molecule has 0 amide bonds. The summed E-state index contributed by atoms with van der Waals surface area (Å²) in [5.41, 5.74) is 0.429. The van der Waals surface area contributed by atoms with Gasteiger partial charge < -0.3 is 0 Å². The second kappa shape index (κ2) is 4.27. The Balaban J connectivity index is 3.06. The van der Waals surface area contributed by atoms with Crippen molar-refractivity contribution >= 4 is 23.4 Å². The molecule has 0 fully saturated rings. The summed E-state index contributed by atoms with van der Waals surface area (Å²) < 4.78 is 0. The highest BCUT2D eigenvalue weighted by Gasteiger charge is 2.02. The average molecular weight is 194 g/mol. The van der Waals surface area contributed by atoms with Crippen LogP contribution in [0.4, 0.5) is 5.69 Å². The van der Waals surface area contributed by atoms with E-state index in [0.717, 1.165) is 5.01 Å². The third-order valence-electron chi connectivity index (χ3n) is 1.29. The maximum absolute atomic E-state index is 9.91. The lowest BCUT2D eigenvalue weighted by molar-refractivity contribution is 0.563. The molecule has 0 aliphatic heterocycles. The molecule has 0 saturated heterocycles. The summed E-state index contributed by atoms with van der Waals surface area (Å²) in [7, 11) is 0. The Morgan fingerprint density at radius 3 is 2.85 bits per heavy atom. The summed E-state index contributed by atoms with van der Waals surface area (Å²) in [5.74, 6) is 0. The van der Waals surface area contributed by atoms with Gasteiger partial charge in [0.1, 0.15) is 0 Å². The smallest absolute Gasteiger partial charge is 0.209 e. The third-order valence-corrected chi connectivity index (χ3v) is 1.52. The van der Waals surface area contributed by atoms with Gasteiger partial charge in [-0.05, 0) is 18.2 Å². The molecule has 0 saturated carbocycles. The van der Waals surface area contributed by atoms with Crippen molar-refractivity contribution in [2.45, 2.75) is 0 Å². The predicted octanol–water partition coefficient (Wildman–Crippen LogP) is 1.88. The van der Waals surface area contributed by atoms with Crippen LogP contribution in [0.3, 0.4) is 0 Å². The van der Waals surface area contributed by atoms with Crippen LogP contribution < -0.4 is 5.01 Å². The highest BCUT2D eigenvalue weighted by Crippen LogP contribution is 2.18. The monoisotopic (exact) mass is 193 g/mol. The van der Waals surface area contributed by atoms with Crippen LogP contribution in [0.15, 0.2) is 29.4 Å². The van der Waals surface area contributed by atoms with E-state index < -0.39 is 0 Å². The average Bonchev–Trinajstić information content (AvgIpc) is 2.14. The first-order chi connectivity index (χ1) is 6.27. The second-order valence-electron chi connectivity index (χ2n) is 2.08. The first-order valence-corrected chi connectivity index (χ1v) is 3.69. The molecule has 13 heavy (non-hydrogen) atoms. The molecule has 64 valence electrons. The van der Waals surface area contributed by atoms with Gasteiger partial charge in [-0.3, -0.25) is 0 Å². The molecule has 4 nitrogen and oxygen atoms in total. The summed E-state index contributed by atoms with van der Waals surface area (Å²) in [5, 5.41) is 13.0. The molecule has 0 unspecified atom stereocenters. The summed E-state index contributed by atoms with van der Waals surface area (Å²) >= 11 is 5.67. The van der Waals surface area contributed by atoms with Crippen LogP contribution in [0.25, 0.3) is 0 Å². The number of carbonyl (C=O) groups excluding carboxylic acids is 1. The van der Waals surface area contributed by atoms with E-state index in [4.69, 9.17) is 16.9 Å². The minimum atomic E-state index is 0.429. The van der Waals surface area contributed by atoms with Gasteiger partial charge in [-0.1, -0.05) is 22.8 Å². The zero-order valence-corrected chi connectivity index (χ0v) is 7.19. The molecule has 1 aromatic rings. The molecule has 0 heterocycles. The Morgan fingerprint density at radius 1 is 1.54 bits per heavy atom. The standard InChI is InChI=1S/C8H4ClN3O/c9-7-2-1-3-8(4-7)12(5-10)11-6-13/h1-4H. The van der Waals surface area contributed by atoms with Gasteiger partial charge in [-0.2, -0.15) is 10.3 Å². The number of hydrogen-bond acceptors (Lipinski definition) is 4. The van der Waals surface area contributed by atoms with Crippen molar-refractivity contribution in [3.8, 4) is 6.19 Å². The van der Waals surface area contributed by atoms with E-state index in [1.807, 2.05) is 0 Å². The lowest BCUT2D eigenvalue weighted by Crippen LogP contribution is -2.06. The second-order valence-corrected chi connectivity index (χ2v) is 2.52. The Kier molecular flexibility index (Phi) is 3.04. The number of nitrogens with zero attached hydrogens (tertiary/aromatic N) is 3. The van der Waals surface area contributed by atoms with Crippen LogP contribution in [0.1, 0.15) is 0 Å². The minimum Gasteiger partial charge on any atom is -0.209 e. The van der Waals surface area contributed by atoms with Crippen LogP contribution in [0, 0.1) is 11.5 Å². The van der Waals surface area contributed by atoms with Gasteiger partial charge >= 0.3 is 0 Å². The topological polar surface area (TPSA) is 56.5 Å². The molecule has 5 heteroatoms. The fourth-order valence-electron chi connectivity index (χ4n) is 0.787. The number of rotatable bonds is 2. The molecule has 0 aliphatic rings. The molecule has 0 N–H and O–H groups in total. The number of hydrogen-bond donors (Lipinski definition) is 0. The van der Waals surface area contributed by atoms with Gasteiger partial charge in [-0.15, -0.1) is 0 Å². The highest BCUT2D eigenvalue weighted by atomic mass is 35.5. The first kappa shape index (κ1) is 9.27. The Hall–Kier alpha value is -1.82. The number of anilines is 1. The van der Waals surface area contributed by atoms with Crippen molar-refractivity contribution in [2.24, 2.45) is 5.10 Å². The number of isocyanates is 1. The van der Waals surface area contributed by atoms with E-state index in [1.54, 1.807) is 24.4 Å². The van der Waals surface area contributed by atoms with E-state index >= 15 is 0 Å². The molecule has 0 bridgehead atoms. The lowest BCUT2D eigenvalue weighted by atomic mass is 10.3. The van der Waals surface area contributed by atoms with Crippen molar-refractivity contribution in [1.82, 2.24) is 0 Å². The molecular weight excluding hydrogens is 190 g/mol. The quantitative estimate of drug-likeness (QED) is 0.237. The van der Waals surface area contributed by atoms with Gasteiger partial charge in [-0.25, -0.2) is 4.79 Å². The van der Waals surface area contributed by atoms with E-state index in [9.17, 15) is 4.79 Å². The maximum Gasteiger partial charge on any atom is 0.259 e. The number of nitriles is 1. The van der Waals surface area contributed by atoms with E-state index in [1.165, 1.54) is 12.1 Å². The molecule has 1 aromatic carbocycles. The van der Waals surface area contributed by atoms with Gasteiger partial charge in [0, 0.05) is 5.02 Å². The van der Waals surface area contributed by atoms with Crippen LogP contribution in [-0.2, 0) is 4.79 Å². The van der Waals surface area contributed by atoms with Crippen molar-refractivity contribution in [2.75, 3.05) is 5.01 Å². The van der Waals surface area contributed by atoms with Gasteiger partial charge in [0.25, 0.3) is 6.08 Å². The van der Waals surface area contributed by atoms with Crippen LogP contribution in [0.5, 0.6) is 0 Å². The molecule has 0 radical (unpaired) electrons. The maximum atomic E-state index is 9.91. The van der Waals surface area contributed by atoms with Gasteiger partial charge in [0.2, 0.25) is 6.19 Å². The predicted molar refractivity (Wildman–Crippen MR) is 47.7 cm³/mol. The Labute approximate surface area is 79.6 Å². The normalized spacial score (nSPS) is 8.31. The fourth-order valence-corrected chi connectivity index (χ4v) is 0.971. The Bertz CT molecular complexity index is 393. The third kappa shape index (κ3) is 2.31. The van der Waals surface area contributed by atoms with Crippen LogP contribution in [-0.4, -0.2) is 6.08 Å². The molecular formula is C8H4ClN3O. The zero-order valence-electron chi connectivity index (χ0n) is 6.44. The fraction of sp³-hybridized carbons (Fsp3) is 0. The summed E-state index contributed by atoms with van der Waals surface area (Å²) in [4.78, 5) is 9.91. The van der Waals surface area contributed by atoms with E-state index in [2.05, 4.69) is 5.10 Å². The summed E-state index contributed by atoms with van der Waals surface area (Å²) in [6.07, 6.45) is 2.96. The van der Waals surface area contributed by atoms with Gasteiger partial charge in [0.05, 0.1) is 5.69 Å².